The van der Waals surface area contributed by atoms with Gasteiger partial charge in [-0.2, -0.15) is 11.8 Å². The van der Waals surface area contributed by atoms with E-state index in [1.807, 2.05) is 0 Å². The van der Waals surface area contributed by atoms with E-state index in [9.17, 15) is 0 Å². The van der Waals surface area contributed by atoms with Crippen LogP contribution in [0.25, 0.3) is 0 Å². The average molecular weight is 345 g/mol. The molecule has 3 fully saturated rings. The molecule has 0 aromatic rings. The van der Waals surface area contributed by atoms with Gasteiger partial charge in [-0.05, 0) is 54.8 Å². The van der Waals surface area contributed by atoms with Crippen LogP contribution in [0.2, 0.25) is 0 Å². The highest BCUT2D eigenvalue weighted by atomic mass is 79.9. The smallest absolute Gasteiger partial charge is 0.0109 e. The molecule has 2 saturated carbocycles. The zero-order valence-electron chi connectivity index (χ0n) is 12.6. The van der Waals surface area contributed by atoms with Crippen LogP contribution in [0.3, 0.4) is 0 Å². The zero-order chi connectivity index (χ0) is 13.6. The summed E-state index contributed by atoms with van der Waals surface area (Å²) in [5.41, 5.74) is 0. The maximum Gasteiger partial charge on any atom is 0.0109 e. The first-order valence-corrected chi connectivity index (χ1v) is 10.4. The summed E-state index contributed by atoms with van der Waals surface area (Å²) in [6.45, 7) is 7.40. The van der Waals surface area contributed by atoms with Crippen molar-refractivity contribution >= 4 is 27.7 Å². The van der Waals surface area contributed by atoms with Gasteiger partial charge in [0.05, 0.1) is 0 Å². The summed E-state index contributed by atoms with van der Waals surface area (Å²) in [6.07, 6.45) is 7.40. The summed E-state index contributed by atoms with van der Waals surface area (Å²) < 4.78 is 0. The Balaban J connectivity index is 1.70. The quantitative estimate of drug-likeness (QED) is 0.598. The summed E-state index contributed by atoms with van der Waals surface area (Å²) in [7, 11) is 0. The molecule has 0 bridgehead atoms. The van der Waals surface area contributed by atoms with Gasteiger partial charge in [-0.1, -0.05) is 49.5 Å². The molecule has 2 heteroatoms. The second-order valence-corrected chi connectivity index (χ2v) is 9.68. The van der Waals surface area contributed by atoms with E-state index in [0.29, 0.717) is 0 Å². The van der Waals surface area contributed by atoms with Crippen molar-refractivity contribution in [3.8, 4) is 0 Å². The second-order valence-electron chi connectivity index (χ2n) is 7.33. The third-order valence-electron chi connectivity index (χ3n) is 6.51. The number of hydrogen-bond donors (Lipinski definition) is 0. The van der Waals surface area contributed by atoms with Crippen LogP contribution < -0.4 is 0 Å². The molecule has 8 atom stereocenters. The van der Waals surface area contributed by atoms with Crippen LogP contribution in [0.4, 0.5) is 0 Å². The predicted molar refractivity (Wildman–Crippen MR) is 90.0 cm³/mol. The minimum absolute atomic E-state index is 0.931. The highest BCUT2D eigenvalue weighted by molar-refractivity contribution is 9.09. The van der Waals surface area contributed by atoms with Gasteiger partial charge >= 0.3 is 0 Å². The molecule has 0 aromatic carbocycles. The molecular formula is C17H29BrS. The minimum atomic E-state index is 0.931. The maximum absolute atomic E-state index is 3.65. The summed E-state index contributed by atoms with van der Waals surface area (Å²) in [6, 6.07) is 0. The van der Waals surface area contributed by atoms with E-state index in [0.717, 1.165) is 46.0 Å². The highest BCUT2D eigenvalue weighted by Gasteiger charge is 2.61. The SMILES string of the molecule is CCC(C)C1SC(C)C2C3CCC(CCBr)CC3C12. The van der Waals surface area contributed by atoms with Crippen molar-refractivity contribution in [2.45, 2.75) is 63.4 Å². The van der Waals surface area contributed by atoms with Crippen LogP contribution in [0.15, 0.2) is 0 Å². The lowest BCUT2D eigenvalue weighted by Crippen LogP contribution is -2.53. The van der Waals surface area contributed by atoms with E-state index in [1.165, 1.54) is 24.6 Å². The van der Waals surface area contributed by atoms with E-state index in [-0.39, 0.29) is 0 Å². The molecule has 1 heterocycles. The molecule has 2 aliphatic carbocycles. The third-order valence-corrected chi connectivity index (χ3v) is 8.81. The molecule has 3 rings (SSSR count). The monoisotopic (exact) mass is 344 g/mol. The molecular weight excluding hydrogens is 316 g/mol. The Morgan fingerprint density at radius 2 is 2.00 bits per heavy atom. The number of hydrogen-bond acceptors (Lipinski definition) is 1. The number of rotatable bonds is 4. The molecule has 0 spiro atoms. The lowest BCUT2D eigenvalue weighted by molar-refractivity contribution is -0.0648. The molecule has 0 radical (unpaired) electrons. The number of halogens is 1. The summed E-state index contributed by atoms with van der Waals surface area (Å²) in [5, 5.41) is 3.13. The maximum atomic E-state index is 3.65. The highest BCUT2D eigenvalue weighted by Crippen LogP contribution is 2.66. The molecule has 0 aromatic heterocycles. The van der Waals surface area contributed by atoms with Crippen molar-refractivity contribution in [1.29, 1.82) is 0 Å². The van der Waals surface area contributed by atoms with Crippen LogP contribution in [0.1, 0.15) is 52.9 Å². The normalized spacial score (nSPS) is 50.2. The Bertz CT molecular complexity index is 318. The second kappa shape index (κ2) is 5.91. The number of fused-ring (bicyclic) bond motifs is 4. The fourth-order valence-corrected chi connectivity index (χ4v) is 8.11. The third kappa shape index (κ3) is 2.43. The van der Waals surface area contributed by atoms with Crippen LogP contribution in [0.5, 0.6) is 0 Å². The molecule has 1 aliphatic heterocycles. The van der Waals surface area contributed by atoms with Crippen molar-refractivity contribution < 1.29 is 0 Å². The van der Waals surface area contributed by atoms with Gasteiger partial charge < -0.3 is 0 Å². The Kier molecular flexibility index (Phi) is 4.59. The number of thioether (sulfide) groups is 1. The first-order valence-electron chi connectivity index (χ1n) is 8.38. The van der Waals surface area contributed by atoms with Crippen molar-refractivity contribution in [3.05, 3.63) is 0 Å². The van der Waals surface area contributed by atoms with Gasteiger partial charge in [0.25, 0.3) is 0 Å². The Labute approximate surface area is 132 Å². The fraction of sp³-hybridized carbons (Fsp3) is 1.00. The molecule has 19 heavy (non-hydrogen) atoms. The van der Waals surface area contributed by atoms with Crippen LogP contribution in [0, 0.1) is 35.5 Å². The van der Waals surface area contributed by atoms with Crippen molar-refractivity contribution in [2.24, 2.45) is 35.5 Å². The molecule has 110 valence electrons. The summed E-state index contributed by atoms with van der Waals surface area (Å²) in [4.78, 5) is 0. The lowest BCUT2D eigenvalue weighted by Gasteiger charge is -2.56. The molecule has 0 N–H and O–H groups in total. The first-order chi connectivity index (χ1) is 9.17. The Morgan fingerprint density at radius 1 is 1.21 bits per heavy atom. The van der Waals surface area contributed by atoms with Crippen molar-refractivity contribution in [1.82, 2.24) is 0 Å². The first kappa shape index (κ1) is 14.8. The van der Waals surface area contributed by atoms with Gasteiger partial charge in [0.2, 0.25) is 0 Å². The molecule has 0 amide bonds. The van der Waals surface area contributed by atoms with Gasteiger partial charge in [0.15, 0.2) is 0 Å². The molecule has 3 aliphatic rings. The summed E-state index contributed by atoms with van der Waals surface area (Å²) in [5.74, 6) is 6.32. The zero-order valence-corrected chi connectivity index (χ0v) is 15.1. The van der Waals surface area contributed by atoms with Gasteiger partial charge in [-0.3, -0.25) is 0 Å². The summed E-state index contributed by atoms with van der Waals surface area (Å²) >= 11 is 5.99. The molecule has 8 unspecified atom stereocenters. The standard InChI is InChI=1S/C17H29BrS/c1-4-10(2)17-16-14-9-12(7-8-18)5-6-13(14)15(16)11(3)19-17/h10-17H,4-9H2,1-3H3. The lowest BCUT2D eigenvalue weighted by atomic mass is 9.48. The Morgan fingerprint density at radius 3 is 2.68 bits per heavy atom. The van der Waals surface area contributed by atoms with Gasteiger partial charge in [0.1, 0.15) is 0 Å². The van der Waals surface area contributed by atoms with Gasteiger partial charge in [-0.25, -0.2) is 0 Å². The van der Waals surface area contributed by atoms with E-state index in [2.05, 4.69) is 48.5 Å². The van der Waals surface area contributed by atoms with Crippen LogP contribution in [-0.2, 0) is 0 Å². The molecule has 0 nitrogen and oxygen atoms in total. The van der Waals surface area contributed by atoms with E-state index in [1.54, 1.807) is 12.8 Å². The van der Waals surface area contributed by atoms with Gasteiger partial charge in [0, 0.05) is 15.8 Å². The topological polar surface area (TPSA) is 0 Å². The number of alkyl halides is 1. The Hall–Kier alpha value is 0.830. The van der Waals surface area contributed by atoms with Crippen LogP contribution >= 0.6 is 27.7 Å². The molecule has 1 saturated heterocycles. The van der Waals surface area contributed by atoms with Crippen molar-refractivity contribution in [2.75, 3.05) is 5.33 Å². The predicted octanol–water partition coefficient (Wildman–Crippen LogP) is 5.60. The van der Waals surface area contributed by atoms with E-state index >= 15 is 0 Å². The largest absolute Gasteiger partial charge is 0.155 e. The fourth-order valence-electron chi connectivity index (χ4n) is 5.38. The van der Waals surface area contributed by atoms with Gasteiger partial charge in [-0.15, -0.1) is 0 Å². The average Bonchev–Trinajstić information content (AvgIpc) is 2.68. The van der Waals surface area contributed by atoms with E-state index < -0.39 is 0 Å². The minimum Gasteiger partial charge on any atom is -0.155 e. The van der Waals surface area contributed by atoms with E-state index in [4.69, 9.17) is 0 Å². The van der Waals surface area contributed by atoms with Crippen molar-refractivity contribution in [3.63, 3.8) is 0 Å². The van der Waals surface area contributed by atoms with Crippen LogP contribution in [-0.4, -0.2) is 15.8 Å².